The Bertz CT molecular complexity index is 1310. The fraction of sp³-hybridized carbons (Fsp3) is 0.0588. The molecule has 0 aliphatic carbocycles. The minimum atomic E-state index is -1.12. The van der Waals surface area contributed by atoms with Crippen molar-refractivity contribution >= 4 is 52.3 Å². The van der Waals surface area contributed by atoms with Crippen molar-refractivity contribution in [3.8, 4) is 0 Å². The number of benzene rings is 2. The molecule has 1 aromatic heterocycles. The minimum Gasteiger partial charge on any atom is -0.382 e. The fourth-order valence-corrected chi connectivity index (χ4v) is 2.83. The minimum absolute atomic E-state index is 0.121. The lowest BCUT2D eigenvalue weighted by Gasteiger charge is -2.10. The molecular formula is C17H12Cl3N5O2. The molecule has 0 fully saturated rings. The largest absolute Gasteiger partial charge is 0.382 e. The van der Waals surface area contributed by atoms with Gasteiger partial charge in [-0.05, 0) is 41.8 Å². The number of carbonyl (C=O) groups excluding carboxylic acids is 2. The molecule has 0 saturated heterocycles. The third-order valence-corrected chi connectivity index (χ3v) is 4.08. The van der Waals surface area contributed by atoms with Gasteiger partial charge in [0, 0.05) is 10.6 Å². The third kappa shape index (κ3) is 3.90. The second-order valence-electron chi connectivity index (χ2n) is 5.09. The molecule has 0 radical (unpaired) electrons. The first-order valence-corrected chi connectivity index (χ1v) is 8.20. The van der Waals surface area contributed by atoms with Crippen molar-refractivity contribution in [1.82, 2.24) is 15.0 Å². The number of primary amides is 1. The predicted molar refractivity (Wildman–Crippen MR) is 103 cm³/mol. The van der Waals surface area contributed by atoms with Crippen molar-refractivity contribution in [2.75, 3.05) is 5.73 Å². The van der Waals surface area contributed by atoms with Gasteiger partial charge in [-0.2, -0.15) is 0 Å². The summed E-state index contributed by atoms with van der Waals surface area (Å²) in [5.74, 6) is -2.28. The number of carbonyl (C=O) groups is 2. The van der Waals surface area contributed by atoms with E-state index in [4.69, 9.17) is 54.5 Å². The van der Waals surface area contributed by atoms with E-state index < -0.39 is 74.1 Å². The highest BCUT2D eigenvalue weighted by molar-refractivity contribution is 6.41. The van der Waals surface area contributed by atoms with E-state index in [0.717, 1.165) is 4.68 Å². The van der Waals surface area contributed by atoms with Gasteiger partial charge in [0.05, 0.1) is 30.4 Å². The van der Waals surface area contributed by atoms with E-state index in [1.807, 2.05) is 0 Å². The number of aromatic nitrogens is 3. The Balaban J connectivity index is 2.18. The zero-order valence-electron chi connectivity index (χ0n) is 19.2. The van der Waals surface area contributed by atoms with Crippen LogP contribution in [0.5, 0.6) is 0 Å². The van der Waals surface area contributed by atoms with Crippen LogP contribution in [-0.4, -0.2) is 26.7 Å². The number of halogens is 3. The molecule has 0 atom stereocenters. The molecule has 1 amide bonds. The fourth-order valence-electron chi connectivity index (χ4n) is 2.09. The van der Waals surface area contributed by atoms with Gasteiger partial charge in [-0.3, -0.25) is 9.59 Å². The number of ketones is 1. The van der Waals surface area contributed by atoms with Crippen molar-refractivity contribution in [2.45, 2.75) is 6.54 Å². The molecule has 27 heavy (non-hydrogen) atoms. The maximum atomic E-state index is 13.2. The van der Waals surface area contributed by atoms with Crippen LogP contribution in [-0.2, 0) is 6.54 Å². The first kappa shape index (κ1) is 12.7. The van der Waals surface area contributed by atoms with Gasteiger partial charge in [-0.25, -0.2) is 4.68 Å². The van der Waals surface area contributed by atoms with Gasteiger partial charge in [0.2, 0.25) is 0 Å². The Morgan fingerprint density at radius 2 is 1.70 bits per heavy atom. The number of anilines is 1. The molecule has 0 saturated carbocycles. The molecule has 1 heterocycles. The summed E-state index contributed by atoms with van der Waals surface area (Å²) >= 11 is 18.2. The zero-order chi connectivity index (χ0) is 24.9. The van der Waals surface area contributed by atoms with Crippen molar-refractivity contribution < 1.29 is 17.8 Å². The van der Waals surface area contributed by atoms with Gasteiger partial charge in [0.15, 0.2) is 17.3 Å². The molecule has 2 aromatic carbocycles. The topological polar surface area (TPSA) is 117 Å². The van der Waals surface area contributed by atoms with Gasteiger partial charge in [-0.15, -0.1) is 5.10 Å². The summed E-state index contributed by atoms with van der Waals surface area (Å²) in [5.41, 5.74) is 9.24. The monoisotopic (exact) mass is 429 g/mol. The third-order valence-electron chi connectivity index (χ3n) is 3.32. The van der Waals surface area contributed by atoms with Gasteiger partial charge in [0.25, 0.3) is 5.91 Å². The molecule has 0 aliphatic heterocycles. The van der Waals surface area contributed by atoms with E-state index >= 15 is 0 Å². The van der Waals surface area contributed by atoms with Crippen LogP contribution in [0.25, 0.3) is 0 Å². The van der Waals surface area contributed by atoms with E-state index in [2.05, 4.69) is 10.3 Å². The van der Waals surface area contributed by atoms with Crippen molar-refractivity contribution in [2.24, 2.45) is 5.73 Å². The predicted octanol–water partition coefficient (Wildman–Crippen LogP) is 3.20. The first-order chi connectivity index (χ1) is 15.3. The highest BCUT2D eigenvalue weighted by Gasteiger charge is 2.19. The smallest absolute Gasteiger partial charge is 0.273 e. The Labute approximate surface area is 177 Å². The summed E-state index contributed by atoms with van der Waals surface area (Å²) in [6.45, 7) is -0.361. The lowest BCUT2D eigenvalue weighted by Crippen LogP contribution is -2.15. The average molecular weight is 431 g/mol. The van der Waals surface area contributed by atoms with E-state index in [9.17, 15) is 9.59 Å². The summed E-state index contributed by atoms with van der Waals surface area (Å²) in [5, 5.41) is 5.69. The maximum absolute atomic E-state index is 13.2. The van der Waals surface area contributed by atoms with E-state index in [1.54, 1.807) is 0 Å². The normalized spacial score (nSPS) is 13.9. The molecule has 0 spiro atoms. The van der Waals surface area contributed by atoms with Crippen LogP contribution < -0.4 is 11.5 Å². The van der Waals surface area contributed by atoms with Crippen molar-refractivity contribution in [1.29, 1.82) is 0 Å². The van der Waals surface area contributed by atoms with Crippen LogP contribution in [0.2, 0.25) is 15.1 Å². The molecule has 7 nitrogen and oxygen atoms in total. The second-order valence-corrected chi connectivity index (χ2v) is 6.23. The molecule has 138 valence electrons. The van der Waals surface area contributed by atoms with Crippen LogP contribution in [0, 0.1) is 0 Å². The van der Waals surface area contributed by atoms with Crippen LogP contribution in [0.1, 0.15) is 40.2 Å². The molecule has 0 aliphatic rings. The first-order valence-electron chi connectivity index (χ1n) is 10.1. The summed E-state index contributed by atoms with van der Waals surface area (Å²) in [6.07, 6.45) is 0. The number of amides is 1. The van der Waals surface area contributed by atoms with Crippen LogP contribution in [0.3, 0.4) is 0 Å². The summed E-state index contributed by atoms with van der Waals surface area (Å²) in [4.78, 5) is 24.5. The van der Waals surface area contributed by atoms with Crippen LogP contribution in [0.15, 0.2) is 36.3 Å². The quantitative estimate of drug-likeness (QED) is 0.603. The standard InChI is InChI=1S/C17H12Cl3N5O2/c18-10-3-1-9(2-4-10)15(26)13-11(19)5-8(6-12(13)20)7-25-16(21)14(17(22)27)23-24-25/h1-6H,7,21H2,(H2,22,27)/i1D,2D,3D,4D,5D,6D. The number of hydrogen-bond donors (Lipinski definition) is 2. The Morgan fingerprint density at radius 1 is 1.11 bits per heavy atom. The van der Waals surface area contributed by atoms with Gasteiger partial charge < -0.3 is 11.5 Å². The summed E-state index contributed by atoms with van der Waals surface area (Å²) in [7, 11) is 0. The lowest BCUT2D eigenvalue weighted by atomic mass is 10.0. The SMILES string of the molecule is [2H]c1c([2H])c(C(=O)c2c(Cl)c([2H])c(Cn3nnc(C(N)=O)c3N)c([2H])c2Cl)c([2H])c([2H])c1Cl. The van der Waals surface area contributed by atoms with Crippen LogP contribution >= 0.6 is 34.8 Å². The van der Waals surface area contributed by atoms with E-state index in [0.29, 0.717) is 0 Å². The number of hydrogen-bond acceptors (Lipinski definition) is 5. The van der Waals surface area contributed by atoms with Crippen molar-refractivity contribution in [3.63, 3.8) is 0 Å². The van der Waals surface area contributed by atoms with Gasteiger partial charge in [-0.1, -0.05) is 40.0 Å². The van der Waals surface area contributed by atoms with Crippen LogP contribution in [0.4, 0.5) is 5.82 Å². The molecule has 4 N–H and O–H groups in total. The molecule has 0 bridgehead atoms. The average Bonchev–Trinajstić information content (AvgIpc) is 3.13. The lowest BCUT2D eigenvalue weighted by molar-refractivity contribution is 0.0994. The zero-order valence-corrected chi connectivity index (χ0v) is 15.4. The number of nitrogen functional groups attached to an aromatic ring is 1. The van der Waals surface area contributed by atoms with Gasteiger partial charge >= 0.3 is 0 Å². The number of nitrogens with zero attached hydrogens (tertiary/aromatic N) is 3. The number of nitrogens with two attached hydrogens (primary N) is 2. The second kappa shape index (κ2) is 7.56. The summed E-state index contributed by atoms with van der Waals surface area (Å²) in [6, 6.07) is -3.75. The molecule has 0 unspecified atom stereocenters. The Morgan fingerprint density at radius 3 is 2.22 bits per heavy atom. The maximum Gasteiger partial charge on any atom is 0.273 e. The molecule has 3 aromatic rings. The molecular weight excluding hydrogens is 413 g/mol. The van der Waals surface area contributed by atoms with Gasteiger partial charge in [0.1, 0.15) is 0 Å². The number of rotatable bonds is 5. The molecule has 3 rings (SSSR count). The molecule has 10 heteroatoms. The summed E-state index contributed by atoms with van der Waals surface area (Å²) < 4.78 is 49.3. The van der Waals surface area contributed by atoms with E-state index in [-0.39, 0.29) is 23.6 Å². The van der Waals surface area contributed by atoms with E-state index in [1.165, 1.54) is 0 Å². The van der Waals surface area contributed by atoms with Crippen molar-refractivity contribution in [3.05, 3.63) is 73.7 Å². The highest BCUT2D eigenvalue weighted by atomic mass is 35.5. The Kier molecular flexibility index (Phi) is 3.56. The highest BCUT2D eigenvalue weighted by Crippen LogP contribution is 2.30. The Hall–Kier alpha value is -2.61.